The summed E-state index contributed by atoms with van der Waals surface area (Å²) in [6.45, 7) is 13.0. The van der Waals surface area contributed by atoms with Gasteiger partial charge in [-0.3, -0.25) is 4.99 Å². The van der Waals surface area contributed by atoms with Gasteiger partial charge in [-0.2, -0.15) is 10.2 Å². The molecule has 0 saturated heterocycles. The van der Waals surface area contributed by atoms with Gasteiger partial charge in [0.05, 0.1) is 18.0 Å². The van der Waals surface area contributed by atoms with Crippen LogP contribution in [-0.4, -0.2) is 28.2 Å². The van der Waals surface area contributed by atoms with Crippen molar-refractivity contribution in [3.05, 3.63) is 57.4 Å². The molecule has 0 aliphatic heterocycles. The molecule has 0 bridgehead atoms. The Morgan fingerprint density at radius 2 is 1.69 bits per heavy atom. The van der Waals surface area contributed by atoms with E-state index in [1.54, 1.807) is 0 Å². The standard InChI is InChI=1S/C24H33ClN4/c1-8-9-10-22-23(18(5)19(6)29(22)7)24(20-11-13-21(25)14-12-20)26-15-17(4)28-27-16(2)3/h11-14H,8-10,15H2,1-7H3/b26-24-,28-17+. The molecule has 0 aliphatic carbocycles. The number of benzene rings is 1. The lowest BCUT2D eigenvalue weighted by Gasteiger charge is -2.12. The van der Waals surface area contributed by atoms with Gasteiger partial charge in [0.2, 0.25) is 0 Å². The molecule has 0 spiro atoms. The maximum absolute atomic E-state index is 6.14. The van der Waals surface area contributed by atoms with Gasteiger partial charge in [-0.15, -0.1) is 0 Å². The van der Waals surface area contributed by atoms with E-state index >= 15 is 0 Å². The highest BCUT2D eigenvalue weighted by Crippen LogP contribution is 2.27. The number of hydrogen-bond acceptors (Lipinski definition) is 3. The van der Waals surface area contributed by atoms with E-state index in [0.717, 1.165) is 47.0 Å². The van der Waals surface area contributed by atoms with Gasteiger partial charge >= 0.3 is 0 Å². The Morgan fingerprint density at radius 3 is 2.28 bits per heavy atom. The molecule has 0 amide bonds. The van der Waals surface area contributed by atoms with Crippen molar-refractivity contribution in [3.63, 3.8) is 0 Å². The molecule has 1 heterocycles. The Hall–Kier alpha value is -2.20. The molecule has 156 valence electrons. The summed E-state index contributed by atoms with van der Waals surface area (Å²) >= 11 is 6.14. The summed E-state index contributed by atoms with van der Waals surface area (Å²) in [5.41, 5.74) is 9.04. The minimum Gasteiger partial charge on any atom is -0.351 e. The Bertz CT molecular complexity index is 927. The van der Waals surface area contributed by atoms with E-state index in [1.807, 2.05) is 45.0 Å². The van der Waals surface area contributed by atoms with Crippen molar-refractivity contribution in [2.24, 2.45) is 22.2 Å². The monoisotopic (exact) mass is 412 g/mol. The molecular formula is C24H33ClN4. The Kier molecular flexibility index (Phi) is 8.39. The first-order chi connectivity index (χ1) is 13.8. The summed E-state index contributed by atoms with van der Waals surface area (Å²) in [5.74, 6) is 0. The van der Waals surface area contributed by atoms with Gasteiger partial charge in [0, 0.05) is 40.3 Å². The zero-order valence-electron chi connectivity index (χ0n) is 18.8. The number of aromatic nitrogens is 1. The molecule has 2 rings (SSSR count). The van der Waals surface area contributed by atoms with Gasteiger partial charge in [0.1, 0.15) is 0 Å². The SMILES string of the molecule is CCCCc1c(/C(=N\C/C(C)=N/N=C(C)C)c2ccc(Cl)cc2)c(C)c(C)n1C. The highest BCUT2D eigenvalue weighted by atomic mass is 35.5. The molecule has 0 atom stereocenters. The Balaban J connectivity index is 2.61. The summed E-state index contributed by atoms with van der Waals surface area (Å²) in [6.07, 6.45) is 3.36. The zero-order valence-corrected chi connectivity index (χ0v) is 19.6. The topological polar surface area (TPSA) is 42.0 Å². The molecule has 1 aromatic heterocycles. The molecular weight excluding hydrogens is 380 g/mol. The van der Waals surface area contributed by atoms with Crippen molar-refractivity contribution in [1.29, 1.82) is 0 Å². The molecule has 29 heavy (non-hydrogen) atoms. The first kappa shape index (κ1) is 23.1. The number of halogens is 1. The first-order valence-electron chi connectivity index (χ1n) is 10.3. The van der Waals surface area contributed by atoms with Crippen LogP contribution in [0.2, 0.25) is 5.02 Å². The summed E-state index contributed by atoms with van der Waals surface area (Å²) in [4.78, 5) is 5.02. The average molecular weight is 413 g/mol. The maximum Gasteiger partial charge on any atom is 0.0795 e. The number of nitrogens with zero attached hydrogens (tertiary/aromatic N) is 4. The van der Waals surface area contributed by atoms with Gasteiger partial charge in [-0.05, 0) is 65.2 Å². The Morgan fingerprint density at radius 1 is 1.03 bits per heavy atom. The molecule has 0 saturated carbocycles. The summed E-state index contributed by atoms with van der Waals surface area (Å²) in [6, 6.07) is 7.95. The van der Waals surface area contributed by atoms with Crippen LogP contribution in [0.3, 0.4) is 0 Å². The van der Waals surface area contributed by atoms with Crippen molar-refractivity contribution in [2.75, 3.05) is 6.54 Å². The van der Waals surface area contributed by atoms with Crippen LogP contribution >= 0.6 is 11.6 Å². The van der Waals surface area contributed by atoms with Gasteiger partial charge in [-0.1, -0.05) is 37.1 Å². The van der Waals surface area contributed by atoms with Crippen LogP contribution in [0.15, 0.2) is 39.5 Å². The van der Waals surface area contributed by atoms with Crippen LogP contribution in [0.1, 0.15) is 68.6 Å². The van der Waals surface area contributed by atoms with Crippen LogP contribution in [0.25, 0.3) is 0 Å². The summed E-state index contributed by atoms with van der Waals surface area (Å²) < 4.78 is 2.32. The van der Waals surface area contributed by atoms with E-state index < -0.39 is 0 Å². The van der Waals surface area contributed by atoms with E-state index in [2.05, 4.69) is 42.6 Å². The predicted octanol–water partition coefficient (Wildman–Crippen LogP) is 6.33. The average Bonchev–Trinajstić information content (AvgIpc) is 2.90. The van der Waals surface area contributed by atoms with Crippen LogP contribution in [-0.2, 0) is 13.5 Å². The third kappa shape index (κ3) is 5.89. The normalized spacial score (nSPS) is 12.4. The summed E-state index contributed by atoms with van der Waals surface area (Å²) in [7, 11) is 2.15. The lowest BCUT2D eigenvalue weighted by atomic mass is 9.96. The molecule has 0 unspecified atom stereocenters. The lowest BCUT2D eigenvalue weighted by Crippen LogP contribution is -2.11. The second-order valence-corrected chi connectivity index (χ2v) is 8.19. The number of rotatable bonds is 8. The van der Waals surface area contributed by atoms with Crippen LogP contribution in [0.4, 0.5) is 0 Å². The second kappa shape index (κ2) is 10.5. The third-order valence-electron chi connectivity index (χ3n) is 5.12. The van der Waals surface area contributed by atoms with Crippen LogP contribution < -0.4 is 0 Å². The van der Waals surface area contributed by atoms with Crippen LogP contribution in [0.5, 0.6) is 0 Å². The highest BCUT2D eigenvalue weighted by molar-refractivity contribution is 6.30. The minimum atomic E-state index is 0.509. The number of unbranched alkanes of at least 4 members (excludes halogenated alkanes) is 1. The van der Waals surface area contributed by atoms with Gasteiger partial charge in [-0.25, -0.2) is 0 Å². The fourth-order valence-corrected chi connectivity index (χ4v) is 3.43. The molecule has 0 fully saturated rings. The molecule has 0 N–H and O–H groups in total. The van der Waals surface area contributed by atoms with E-state index in [-0.39, 0.29) is 0 Å². The lowest BCUT2D eigenvalue weighted by molar-refractivity contribution is 0.722. The quantitative estimate of drug-likeness (QED) is 0.359. The molecule has 2 aromatic rings. The second-order valence-electron chi connectivity index (χ2n) is 7.75. The molecule has 4 nitrogen and oxygen atoms in total. The smallest absolute Gasteiger partial charge is 0.0795 e. The fourth-order valence-electron chi connectivity index (χ4n) is 3.30. The largest absolute Gasteiger partial charge is 0.351 e. The van der Waals surface area contributed by atoms with Gasteiger partial charge in [0.15, 0.2) is 0 Å². The van der Waals surface area contributed by atoms with Crippen molar-refractivity contribution in [3.8, 4) is 0 Å². The maximum atomic E-state index is 6.14. The van der Waals surface area contributed by atoms with Crippen molar-refractivity contribution in [1.82, 2.24) is 4.57 Å². The fraction of sp³-hybridized carbons (Fsp3) is 0.458. The molecule has 5 heteroatoms. The first-order valence-corrected chi connectivity index (χ1v) is 10.6. The van der Waals surface area contributed by atoms with Gasteiger partial charge in [0.25, 0.3) is 0 Å². The van der Waals surface area contributed by atoms with Crippen molar-refractivity contribution < 1.29 is 0 Å². The van der Waals surface area contributed by atoms with E-state index in [0.29, 0.717) is 6.54 Å². The third-order valence-corrected chi connectivity index (χ3v) is 5.37. The predicted molar refractivity (Wildman–Crippen MR) is 127 cm³/mol. The van der Waals surface area contributed by atoms with Crippen molar-refractivity contribution >= 4 is 28.7 Å². The van der Waals surface area contributed by atoms with E-state index in [4.69, 9.17) is 16.6 Å². The summed E-state index contributed by atoms with van der Waals surface area (Å²) in [5, 5.41) is 9.18. The Labute approximate surface area is 180 Å². The molecule has 0 aliphatic rings. The van der Waals surface area contributed by atoms with E-state index in [1.165, 1.54) is 22.5 Å². The molecule has 1 aromatic carbocycles. The minimum absolute atomic E-state index is 0.509. The van der Waals surface area contributed by atoms with E-state index in [9.17, 15) is 0 Å². The number of aliphatic imine (C=N–C) groups is 1. The highest BCUT2D eigenvalue weighted by Gasteiger charge is 2.21. The molecule has 0 radical (unpaired) electrons. The zero-order chi connectivity index (χ0) is 21.6. The van der Waals surface area contributed by atoms with Crippen LogP contribution in [0, 0.1) is 13.8 Å². The van der Waals surface area contributed by atoms with Gasteiger partial charge < -0.3 is 4.57 Å². The number of hydrogen-bond donors (Lipinski definition) is 0. The van der Waals surface area contributed by atoms with Crippen molar-refractivity contribution in [2.45, 2.75) is 60.8 Å².